The maximum Gasteiger partial charge on any atom is 0.271 e. The van der Waals surface area contributed by atoms with Gasteiger partial charge in [-0.3, -0.25) is 4.79 Å². The van der Waals surface area contributed by atoms with Gasteiger partial charge in [-0.2, -0.15) is 5.10 Å². The first-order valence-corrected chi connectivity index (χ1v) is 10.5. The van der Waals surface area contributed by atoms with E-state index in [-0.39, 0.29) is 10.8 Å². The highest BCUT2D eigenvalue weighted by molar-refractivity contribution is 7.89. The molecule has 150 valence electrons. The molecule has 0 aliphatic rings. The minimum Gasteiger partial charge on any atom is -0.494 e. The first kappa shape index (κ1) is 21.6. The van der Waals surface area contributed by atoms with Crippen molar-refractivity contribution in [2.24, 2.45) is 5.10 Å². The SMILES string of the molecule is CCCNS(=O)(=O)c1ccc(/C(C)=N\NC(=O)c2ccc(OCC)cc2)cc1. The van der Waals surface area contributed by atoms with E-state index in [0.717, 1.165) is 6.42 Å². The zero-order valence-corrected chi connectivity index (χ0v) is 17.0. The molecule has 0 saturated heterocycles. The minimum absolute atomic E-state index is 0.191. The van der Waals surface area contributed by atoms with Crippen molar-refractivity contribution in [3.63, 3.8) is 0 Å². The van der Waals surface area contributed by atoms with Crippen molar-refractivity contribution in [3.05, 3.63) is 59.7 Å². The van der Waals surface area contributed by atoms with Gasteiger partial charge in [-0.15, -0.1) is 0 Å². The third-order valence-corrected chi connectivity index (χ3v) is 5.35. The molecule has 0 atom stereocenters. The summed E-state index contributed by atoms with van der Waals surface area (Å²) in [6.07, 6.45) is 0.719. The average Bonchev–Trinajstić information content (AvgIpc) is 2.71. The Morgan fingerprint density at radius 3 is 2.18 bits per heavy atom. The maximum absolute atomic E-state index is 12.2. The van der Waals surface area contributed by atoms with Crippen LogP contribution in [0.1, 0.15) is 43.1 Å². The van der Waals surface area contributed by atoms with E-state index in [4.69, 9.17) is 4.74 Å². The molecule has 28 heavy (non-hydrogen) atoms. The van der Waals surface area contributed by atoms with Gasteiger partial charge in [0.05, 0.1) is 17.2 Å². The number of ether oxygens (including phenoxy) is 1. The molecule has 0 saturated carbocycles. The molecule has 0 unspecified atom stereocenters. The molecule has 0 spiro atoms. The first-order valence-electron chi connectivity index (χ1n) is 9.05. The standard InChI is InChI=1S/C20H25N3O4S/c1-4-14-21-28(25,26)19-12-8-16(9-13-19)15(3)22-23-20(24)17-6-10-18(11-7-17)27-5-2/h6-13,21H,4-5,14H2,1-3H3,(H,23,24)/b22-15-. The maximum atomic E-state index is 12.2. The van der Waals surface area contributed by atoms with Gasteiger partial charge in [-0.1, -0.05) is 19.1 Å². The monoisotopic (exact) mass is 403 g/mol. The number of hydrazone groups is 1. The van der Waals surface area contributed by atoms with E-state index in [1.165, 1.54) is 12.1 Å². The van der Waals surface area contributed by atoms with Gasteiger partial charge in [-0.25, -0.2) is 18.6 Å². The second-order valence-electron chi connectivity index (χ2n) is 6.02. The minimum atomic E-state index is -3.50. The van der Waals surface area contributed by atoms with E-state index < -0.39 is 10.0 Å². The molecule has 0 aliphatic carbocycles. The highest BCUT2D eigenvalue weighted by Gasteiger charge is 2.13. The quantitative estimate of drug-likeness (QED) is 0.497. The lowest BCUT2D eigenvalue weighted by molar-refractivity contribution is 0.0955. The van der Waals surface area contributed by atoms with Gasteiger partial charge in [0.2, 0.25) is 10.0 Å². The fourth-order valence-electron chi connectivity index (χ4n) is 2.33. The van der Waals surface area contributed by atoms with E-state index in [9.17, 15) is 13.2 Å². The van der Waals surface area contributed by atoms with E-state index in [1.807, 2.05) is 13.8 Å². The third-order valence-electron chi connectivity index (χ3n) is 3.88. The molecule has 8 heteroatoms. The summed E-state index contributed by atoms with van der Waals surface area (Å²) in [4.78, 5) is 12.4. The second kappa shape index (κ2) is 10.0. The Morgan fingerprint density at radius 1 is 1.00 bits per heavy atom. The predicted octanol–water partition coefficient (Wildman–Crippen LogP) is 2.93. The largest absolute Gasteiger partial charge is 0.494 e. The van der Waals surface area contributed by atoms with E-state index >= 15 is 0 Å². The molecule has 2 aromatic carbocycles. The Bertz CT molecular complexity index is 921. The summed E-state index contributed by atoms with van der Waals surface area (Å²) in [5, 5.41) is 4.09. The van der Waals surface area contributed by atoms with Crippen molar-refractivity contribution < 1.29 is 17.9 Å². The van der Waals surface area contributed by atoms with Gasteiger partial charge in [0.25, 0.3) is 5.91 Å². The van der Waals surface area contributed by atoms with E-state index in [0.29, 0.717) is 35.7 Å². The van der Waals surface area contributed by atoms with Crippen molar-refractivity contribution in [2.75, 3.05) is 13.2 Å². The lowest BCUT2D eigenvalue weighted by Crippen LogP contribution is -2.24. The molecule has 2 aromatic rings. The Kier molecular flexibility index (Phi) is 7.71. The number of nitrogens with zero attached hydrogens (tertiary/aromatic N) is 1. The number of hydrogen-bond donors (Lipinski definition) is 2. The van der Waals surface area contributed by atoms with Crippen LogP contribution in [-0.2, 0) is 10.0 Å². The Hall–Kier alpha value is -2.71. The smallest absolute Gasteiger partial charge is 0.271 e. The summed E-state index contributed by atoms with van der Waals surface area (Å²) in [5.41, 5.74) is 4.23. The number of sulfonamides is 1. The van der Waals surface area contributed by atoms with Crippen molar-refractivity contribution in [1.82, 2.24) is 10.1 Å². The zero-order valence-electron chi connectivity index (χ0n) is 16.2. The van der Waals surface area contributed by atoms with Crippen molar-refractivity contribution in [2.45, 2.75) is 32.1 Å². The highest BCUT2D eigenvalue weighted by Crippen LogP contribution is 2.13. The van der Waals surface area contributed by atoms with Gasteiger partial charge >= 0.3 is 0 Å². The molecular weight excluding hydrogens is 378 g/mol. The normalized spacial score (nSPS) is 11.9. The molecule has 0 radical (unpaired) electrons. The van der Waals surface area contributed by atoms with Gasteiger partial charge in [-0.05, 0) is 62.2 Å². The fourth-order valence-corrected chi connectivity index (χ4v) is 3.46. The average molecular weight is 404 g/mol. The van der Waals surface area contributed by atoms with Crippen LogP contribution in [-0.4, -0.2) is 33.2 Å². The van der Waals surface area contributed by atoms with Crippen molar-refractivity contribution in [3.8, 4) is 5.75 Å². The number of carbonyl (C=O) groups excluding carboxylic acids is 1. The Morgan fingerprint density at radius 2 is 1.61 bits per heavy atom. The summed E-state index contributed by atoms with van der Waals surface area (Å²) >= 11 is 0. The summed E-state index contributed by atoms with van der Waals surface area (Å²) in [7, 11) is -3.50. The van der Waals surface area contributed by atoms with Crippen molar-refractivity contribution >= 4 is 21.6 Å². The van der Waals surface area contributed by atoms with E-state index in [1.54, 1.807) is 43.3 Å². The van der Waals surface area contributed by atoms with Crippen LogP contribution in [0.2, 0.25) is 0 Å². The number of rotatable bonds is 9. The lowest BCUT2D eigenvalue weighted by atomic mass is 10.1. The highest BCUT2D eigenvalue weighted by atomic mass is 32.2. The predicted molar refractivity (Wildman–Crippen MR) is 109 cm³/mol. The van der Waals surface area contributed by atoms with Crippen molar-refractivity contribution in [1.29, 1.82) is 0 Å². The number of nitrogens with one attached hydrogen (secondary N) is 2. The van der Waals surface area contributed by atoms with E-state index in [2.05, 4.69) is 15.2 Å². The van der Waals surface area contributed by atoms with Gasteiger partial charge in [0, 0.05) is 12.1 Å². The molecule has 2 rings (SSSR count). The first-order chi connectivity index (χ1) is 13.4. The molecule has 0 aromatic heterocycles. The summed E-state index contributed by atoms with van der Waals surface area (Å²) in [5.74, 6) is 0.354. The van der Waals surface area contributed by atoms with Crippen LogP contribution in [0.4, 0.5) is 0 Å². The topological polar surface area (TPSA) is 96.9 Å². The Balaban J connectivity index is 2.03. The van der Waals surface area contributed by atoms with Gasteiger partial charge < -0.3 is 4.74 Å². The second-order valence-corrected chi connectivity index (χ2v) is 7.78. The van der Waals surface area contributed by atoms with Crippen LogP contribution in [0.3, 0.4) is 0 Å². The molecule has 0 aliphatic heterocycles. The van der Waals surface area contributed by atoms with Gasteiger partial charge in [0.1, 0.15) is 5.75 Å². The molecule has 0 fully saturated rings. The van der Waals surface area contributed by atoms with Crippen LogP contribution in [0.5, 0.6) is 5.75 Å². The lowest BCUT2D eigenvalue weighted by Gasteiger charge is -2.07. The summed E-state index contributed by atoms with van der Waals surface area (Å²) in [6.45, 7) is 6.47. The molecular formula is C20H25N3O4S. The molecule has 1 amide bonds. The number of amides is 1. The molecule has 7 nitrogen and oxygen atoms in total. The van der Waals surface area contributed by atoms with Crippen LogP contribution >= 0.6 is 0 Å². The molecule has 2 N–H and O–H groups in total. The van der Waals surface area contributed by atoms with Crippen LogP contribution in [0.25, 0.3) is 0 Å². The van der Waals surface area contributed by atoms with Crippen LogP contribution < -0.4 is 14.9 Å². The number of benzene rings is 2. The molecule has 0 heterocycles. The zero-order chi connectivity index (χ0) is 20.6. The third kappa shape index (κ3) is 5.90. The molecule has 0 bridgehead atoms. The van der Waals surface area contributed by atoms with Gasteiger partial charge in [0.15, 0.2) is 0 Å². The Labute approximate surface area is 165 Å². The van der Waals surface area contributed by atoms with Crippen LogP contribution in [0, 0.1) is 0 Å². The number of carbonyl (C=O) groups is 1. The summed E-state index contributed by atoms with van der Waals surface area (Å²) in [6, 6.07) is 13.1. The summed E-state index contributed by atoms with van der Waals surface area (Å²) < 4.78 is 32.1. The number of hydrogen-bond acceptors (Lipinski definition) is 5. The van der Waals surface area contributed by atoms with Crippen LogP contribution in [0.15, 0.2) is 58.5 Å². The fraction of sp³-hybridized carbons (Fsp3) is 0.300.